The van der Waals surface area contributed by atoms with Crippen molar-refractivity contribution >= 4 is 23.2 Å². The predicted octanol–water partition coefficient (Wildman–Crippen LogP) is 3.28. The van der Waals surface area contributed by atoms with Gasteiger partial charge < -0.3 is 14.7 Å². The Bertz CT molecular complexity index is 1060. The van der Waals surface area contributed by atoms with Crippen LogP contribution in [0.5, 0.6) is 0 Å². The average molecular weight is 454 g/mol. The third-order valence-electron chi connectivity index (χ3n) is 5.11. The van der Waals surface area contributed by atoms with Crippen LogP contribution in [0.3, 0.4) is 0 Å². The molecule has 1 aliphatic rings. The number of piperazine rings is 1. The number of rotatable bonds is 5. The van der Waals surface area contributed by atoms with E-state index in [1.165, 1.54) is 0 Å². The molecule has 168 valence electrons. The van der Waals surface area contributed by atoms with Gasteiger partial charge in [-0.15, -0.1) is 11.3 Å². The third kappa shape index (κ3) is 5.41. The maximum absolute atomic E-state index is 12.9. The van der Waals surface area contributed by atoms with Gasteiger partial charge in [0.05, 0.1) is 11.4 Å². The zero-order chi connectivity index (χ0) is 22.7. The number of aromatic nitrogens is 2. The molecule has 1 aromatic carbocycles. The Kier molecular flexibility index (Phi) is 6.38. The largest absolute Gasteiger partial charge is 0.347 e. The highest BCUT2D eigenvalue weighted by atomic mass is 32.1. The van der Waals surface area contributed by atoms with E-state index in [4.69, 9.17) is 4.52 Å². The number of hydrogen-bond donors (Lipinski definition) is 1. The van der Waals surface area contributed by atoms with Crippen LogP contribution in [0.15, 0.2) is 46.3 Å². The summed E-state index contributed by atoms with van der Waals surface area (Å²) in [7, 11) is 0. The maximum Gasteiger partial charge on any atom is 0.253 e. The molecule has 1 aliphatic heterocycles. The summed E-state index contributed by atoms with van der Waals surface area (Å²) in [5, 5.41) is 8.96. The van der Waals surface area contributed by atoms with Gasteiger partial charge >= 0.3 is 0 Å². The molecule has 9 heteroatoms. The summed E-state index contributed by atoms with van der Waals surface area (Å²) >= 11 is 1.58. The van der Waals surface area contributed by atoms with Gasteiger partial charge in [-0.05, 0) is 56.5 Å². The van der Waals surface area contributed by atoms with Crippen molar-refractivity contribution in [3.8, 4) is 10.7 Å². The Labute approximate surface area is 191 Å². The molecule has 0 spiro atoms. The van der Waals surface area contributed by atoms with Gasteiger partial charge in [0.1, 0.15) is 0 Å². The minimum Gasteiger partial charge on any atom is -0.347 e. The van der Waals surface area contributed by atoms with Crippen LogP contribution in [-0.2, 0) is 6.54 Å². The van der Waals surface area contributed by atoms with Crippen LogP contribution < -0.4 is 5.32 Å². The zero-order valence-corrected chi connectivity index (χ0v) is 19.3. The molecule has 0 radical (unpaired) electrons. The Balaban J connectivity index is 1.29. The van der Waals surface area contributed by atoms with Crippen molar-refractivity contribution in [3.05, 3.63) is 58.8 Å². The lowest BCUT2D eigenvalue weighted by Crippen LogP contribution is -2.48. The molecule has 2 aromatic heterocycles. The van der Waals surface area contributed by atoms with Crippen LogP contribution in [0, 0.1) is 0 Å². The van der Waals surface area contributed by atoms with Crippen molar-refractivity contribution in [1.29, 1.82) is 0 Å². The molecule has 0 atom stereocenters. The number of nitrogens with zero attached hydrogens (tertiary/aromatic N) is 4. The predicted molar refractivity (Wildman–Crippen MR) is 122 cm³/mol. The van der Waals surface area contributed by atoms with Crippen molar-refractivity contribution in [2.24, 2.45) is 0 Å². The molecule has 0 unspecified atom stereocenters. The summed E-state index contributed by atoms with van der Waals surface area (Å²) < 4.78 is 5.39. The van der Waals surface area contributed by atoms with Crippen LogP contribution in [0.1, 0.15) is 47.4 Å². The van der Waals surface area contributed by atoms with Gasteiger partial charge in [-0.2, -0.15) is 4.98 Å². The van der Waals surface area contributed by atoms with E-state index in [0.29, 0.717) is 42.5 Å². The molecule has 0 saturated carbocycles. The Morgan fingerprint density at radius 1 is 1.06 bits per heavy atom. The molecule has 32 heavy (non-hydrogen) atoms. The number of amides is 2. The summed E-state index contributed by atoms with van der Waals surface area (Å²) in [6, 6.07) is 10.8. The molecule has 2 amide bonds. The smallest absolute Gasteiger partial charge is 0.253 e. The van der Waals surface area contributed by atoms with E-state index in [1.807, 2.05) is 43.2 Å². The first kappa shape index (κ1) is 22.2. The summed E-state index contributed by atoms with van der Waals surface area (Å²) in [5.41, 5.74) is 0.823. The maximum atomic E-state index is 12.9. The van der Waals surface area contributed by atoms with Crippen LogP contribution in [-0.4, -0.2) is 63.5 Å². The second-order valence-corrected chi connectivity index (χ2v) is 9.79. The number of thiophene rings is 1. The molecular weight excluding hydrogens is 426 g/mol. The quantitative estimate of drug-likeness (QED) is 0.637. The van der Waals surface area contributed by atoms with Crippen molar-refractivity contribution in [1.82, 2.24) is 25.3 Å². The standard InChI is InChI=1S/C23H27N5O3S/c1-23(2,3)25-21(29)16-6-8-17(9-7-16)22(30)28-12-10-27(11-13-28)15-19-24-20(26-31-19)18-5-4-14-32-18/h4-9,14H,10-13,15H2,1-3H3,(H,25,29). The van der Waals surface area contributed by atoms with E-state index in [1.54, 1.807) is 35.6 Å². The highest BCUT2D eigenvalue weighted by Crippen LogP contribution is 2.22. The molecule has 0 bridgehead atoms. The molecule has 1 N–H and O–H groups in total. The molecule has 0 aliphatic carbocycles. The van der Waals surface area contributed by atoms with E-state index >= 15 is 0 Å². The normalized spacial score (nSPS) is 15.0. The monoisotopic (exact) mass is 453 g/mol. The van der Waals surface area contributed by atoms with Gasteiger partial charge in [-0.25, -0.2) is 0 Å². The van der Waals surface area contributed by atoms with E-state index in [2.05, 4.69) is 20.4 Å². The van der Waals surface area contributed by atoms with E-state index < -0.39 is 0 Å². The van der Waals surface area contributed by atoms with Crippen molar-refractivity contribution < 1.29 is 14.1 Å². The van der Waals surface area contributed by atoms with E-state index in [9.17, 15) is 9.59 Å². The lowest BCUT2D eigenvalue weighted by atomic mass is 10.1. The van der Waals surface area contributed by atoms with E-state index in [0.717, 1.165) is 18.0 Å². The minimum absolute atomic E-state index is 0.0230. The van der Waals surface area contributed by atoms with E-state index in [-0.39, 0.29) is 17.4 Å². The third-order valence-corrected chi connectivity index (χ3v) is 5.98. The summed E-state index contributed by atoms with van der Waals surface area (Å²) in [6.45, 7) is 9.08. The summed E-state index contributed by atoms with van der Waals surface area (Å²) in [4.78, 5) is 34.6. The molecule has 3 heterocycles. The molecule has 3 aromatic rings. The summed E-state index contributed by atoms with van der Waals surface area (Å²) in [6.07, 6.45) is 0. The van der Waals surface area contributed by atoms with Crippen molar-refractivity contribution in [2.45, 2.75) is 32.9 Å². The van der Waals surface area contributed by atoms with Gasteiger partial charge in [0.2, 0.25) is 11.7 Å². The van der Waals surface area contributed by atoms with Crippen LogP contribution in [0.2, 0.25) is 0 Å². The molecular formula is C23H27N5O3S. The molecule has 1 fully saturated rings. The lowest BCUT2D eigenvalue weighted by molar-refractivity contribution is 0.0614. The summed E-state index contributed by atoms with van der Waals surface area (Å²) in [5.74, 6) is 1.03. The highest BCUT2D eigenvalue weighted by Gasteiger charge is 2.24. The van der Waals surface area contributed by atoms with Crippen LogP contribution >= 0.6 is 11.3 Å². The van der Waals surface area contributed by atoms with Gasteiger partial charge in [-0.1, -0.05) is 11.2 Å². The fraction of sp³-hybridized carbons (Fsp3) is 0.391. The first-order valence-electron chi connectivity index (χ1n) is 10.6. The van der Waals surface area contributed by atoms with Gasteiger partial charge in [0, 0.05) is 42.8 Å². The molecule has 1 saturated heterocycles. The Morgan fingerprint density at radius 2 is 1.75 bits per heavy atom. The lowest BCUT2D eigenvalue weighted by Gasteiger charge is -2.34. The number of carbonyl (C=O) groups is 2. The topological polar surface area (TPSA) is 91.6 Å². The number of benzene rings is 1. The fourth-order valence-corrected chi connectivity index (χ4v) is 4.13. The highest BCUT2D eigenvalue weighted by molar-refractivity contribution is 7.13. The van der Waals surface area contributed by atoms with Gasteiger partial charge in [-0.3, -0.25) is 14.5 Å². The Hall–Kier alpha value is -3.04. The first-order valence-corrected chi connectivity index (χ1v) is 11.5. The zero-order valence-electron chi connectivity index (χ0n) is 18.5. The SMILES string of the molecule is CC(C)(C)NC(=O)c1ccc(C(=O)N2CCN(Cc3nc(-c4cccs4)no3)CC2)cc1. The second kappa shape index (κ2) is 9.22. The van der Waals surface area contributed by atoms with Crippen LogP contribution in [0.4, 0.5) is 0 Å². The van der Waals surface area contributed by atoms with Gasteiger partial charge in [0.15, 0.2) is 0 Å². The number of hydrogen-bond acceptors (Lipinski definition) is 7. The van der Waals surface area contributed by atoms with Gasteiger partial charge in [0.25, 0.3) is 11.8 Å². The van der Waals surface area contributed by atoms with Crippen molar-refractivity contribution in [2.75, 3.05) is 26.2 Å². The average Bonchev–Trinajstić information content (AvgIpc) is 3.45. The fourth-order valence-electron chi connectivity index (χ4n) is 3.48. The molecule has 8 nitrogen and oxygen atoms in total. The molecule has 4 rings (SSSR count). The number of carbonyl (C=O) groups excluding carboxylic acids is 2. The Morgan fingerprint density at radius 3 is 2.38 bits per heavy atom. The first-order chi connectivity index (χ1) is 15.3. The second-order valence-electron chi connectivity index (χ2n) is 8.84. The minimum atomic E-state index is -0.308. The van der Waals surface area contributed by atoms with Crippen molar-refractivity contribution in [3.63, 3.8) is 0 Å². The van der Waals surface area contributed by atoms with Crippen LogP contribution in [0.25, 0.3) is 10.7 Å². The number of nitrogens with one attached hydrogen (secondary N) is 1.